The highest BCUT2D eigenvalue weighted by Crippen LogP contribution is 2.28. The molecule has 1 atom stereocenters. The molecule has 0 radical (unpaired) electrons. The first-order valence-electron chi connectivity index (χ1n) is 6.13. The zero-order valence-corrected chi connectivity index (χ0v) is 11.0. The van der Waals surface area contributed by atoms with Gasteiger partial charge in [-0.2, -0.15) is 0 Å². The number of rotatable bonds is 4. The van der Waals surface area contributed by atoms with Crippen LogP contribution < -0.4 is 11.1 Å². The van der Waals surface area contributed by atoms with Gasteiger partial charge in [0.25, 0.3) is 0 Å². The van der Waals surface area contributed by atoms with Gasteiger partial charge in [0.05, 0.1) is 16.4 Å². The number of likely N-dealkylation sites (tertiary alicyclic amines) is 1. The molecule has 17 heavy (non-hydrogen) atoms. The van der Waals surface area contributed by atoms with Crippen molar-refractivity contribution < 1.29 is 0 Å². The van der Waals surface area contributed by atoms with Gasteiger partial charge in [0.15, 0.2) is 0 Å². The molecule has 0 saturated carbocycles. The maximum atomic E-state index is 6.10. The van der Waals surface area contributed by atoms with E-state index in [4.69, 9.17) is 17.3 Å². The highest BCUT2D eigenvalue weighted by molar-refractivity contribution is 6.33. The summed E-state index contributed by atoms with van der Waals surface area (Å²) >= 11 is 6.10. The zero-order chi connectivity index (χ0) is 12.3. The number of nitrogens with two attached hydrogens (primary N) is 1. The van der Waals surface area contributed by atoms with Gasteiger partial charge in [0, 0.05) is 13.1 Å². The first-order chi connectivity index (χ1) is 8.16. The number of para-hydroxylation sites is 1. The SMILES string of the molecule is CN1CCC(CCNc2c(N)cccc2Cl)C1. The molecule has 1 aromatic carbocycles. The number of nitrogens with one attached hydrogen (secondary N) is 1. The first-order valence-corrected chi connectivity index (χ1v) is 6.51. The van der Waals surface area contributed by atoms with Crippen molar-refractivity contribution in [3.8, 4) is 0 Å². The average Bonchev–Trinajstić information content (AvgIpc) is 2.69. The van der Waals surface area contributed by atoms with E-state index in [0.29, 0.717) is 5.02 Å². The lowest BCUT2D eigenvalue weighted by molar-refractivity contribution is 0.390. The second-order valence-corrected chi connectivity index (χ2v) is 5.24. The molecule has 0 amide bonds. The van der Waals surface area contributed by atoms with E-state index in [-0.39, 0.29) is 0 Å². The van der Waals surface area contributed by atoms with Gasteiger partial charge in [-0.25, -0.2) is 0 Å². The van der Waals surface area contributed by atoms with E-state index < -0.39 is 0 Å². The van der Waals surface area contributed by atoms with Crippen LogP contribution in [0.3, 0.4) is 0 Å². The predicted molar refractivity (Wildman–Crippen MR) is 74.6 cm³/mol. The Balaban J connectivity index is 1.82. The smallest absolute Gasteiger partial charge is 0.0763 e. The Morgan fingerprint density at radius 2 is 2.35 bits per heavy atom. The van der Waals surface area contributed by atoms with Crippen LogP contribution in [0.5, 0.6) is 0 Å². The fourth-order valence-corrected chi connectivity index (χ4v) is 2.64. The molecule has 1 unspecified atom stereocenters. The fraction of sp³-hybridized carbons (Fsp3) is 0.538. The van der Waals surface area contributed by atoms with Gasteiger partial charge >= 0.3 is 0 Å². The molecule has 0 aliphatic carbocycles. The number of hydrogen-bond acceptors (Lipinski definition) is 3. The van der Waals surface area contributed by atoms with Crippen molar-refractivity contribution in [3.05, 3.63) is 23.2 Å². The summed E-state index contributed by atoms with van der Waals surface area (Å²) in [5.41, 5.74) is 7.48. The third-order valence-corrected chi connectivity index (χ3v) is 3.70. The number of nitrogens with zero attached hydrogens (tertiary/aromatic N) is 1. The molecule has 1 saturated heterocycles. The van der Waals surface area contributed by atoms with Crippen molar-refractivity contribution in [3.63, 3.8) is 0 Å². The Hall–Kier alpha value is -0.930. The molecule has 1 aromatic rings. The van der Waals surface area contributed by atoms with Crippen LogP contribution in [0.25, 0.3) is 0 Å². The minimum Gasteiger partial charge on any atom is -0.397 e. The maximum absolute atomic E-state index is 6.10. The van der Waals surface area contributed by atoms with Gasteiger partial charge in [-0.15, -0.1) is 0 Å². The fourth-order valence-electron chi connectivity index (χ4n) is 2.39. The third kappa shape index (κ3) is 3.27. The molecule has 2 rings (SSSR count). The maximum Gasteiger partial charge on any atom is 0.0763 e. The number of anilines is 2. The lowest BCUT2D eigenvalue weighted by Crippen LogP contribution is -2.16. The number of nitrogen functional groups attached to an aromatic ring is 1. The van der Waals surface area contributed by atoms with Crippen LogP contribution >= 0.6 is 11.6 Å². The highest BCUT2D eigenvalue weighted by Gasteiger charge is 2.18. The normalized spacial score (nSPS) is 20.7. The summed E-state index contributed by atoms with van der Waals surface area (Å²) in [6.45, 7) is 3.37. The highest BCUT2D eigenvalue weighted by atomic mass is 35.5. The van der Waals surface area contributed by atoms with Crippen LogP contribution in [0.2, 0.25) is 5.02 Å². The summed E-state index contributed by atoms with van der Waals surface area (Å²) in [4.78, 5) is 2.38. The van der Waals surface area contributed by atoms with Crippen LogP contribution in [-0.4, -0.2) is 31.6 Å². The summed E-state index contributed by atoms with van der Waals surface area (Å²) in [5, 5.41) is 4.05. The van der Waals surface area contributed by atoms with Crippen molar-refractivity contribution in [1.29, 1.82) is 0 Å². The van der Waals surface area contributed by atoms with Crippen LogP contribution in [-0.2, 0) is 0 Å². The Labute approximate surface area is 108 Å². The van der Waals surface area contributed by atoms with Gasteiger partial charge in [-0.1, -0.05) is 17.7 Å². The van der Waals surface area contributed by atoms with E-state index in [0.717, 1.165) is 23.8 Å². The Morgan fingerprint density at radius 1 is 1.53 bits per heavy atom. The quantitative estimate of drug-likeness (QED) is 0.811. The van der Waals surface area contributed by atoms with Crippen molar-refractivity contribution in [2.75, 3.05) is 37.7 Å². The molecule has 0 spiro atoms. The van der Waals surface area contributed by atoms with E-state index in [1.54, 1.807) is 0 Å². The van der Waals surface area contributed by atoms with Gasteiger partial charge < -0.3 is 16.0 Å². The number of halogens is 1. The van der Waals surface area contributed by atoms with Gasteiger partial charge in [0.1, 0.15) is 0 Å². The van der Waals surface area contributed by atoms with Crippen molar-refractivity contribution >= 4 is 23.0 Å². The molecule has 1 heterocycles. The average molecular weight is 254 g/mol. The van der Waals surface area contributed by atoms with Gasteiger partial charge in [-0.05, 0) is 44.5 Å². The molecule has 0 aromatic heterocycles. The molecule has 3 nitrogen and oxygen atoms in total. The largest absolute Gasteiger partial charge is 0.397 e. The first kappa shape index (κ1) is 12.5. The van der Waals surface area contributed by atoms with E-state index in [1.165, 1.54) is 25.9 Å². The molecule has 0 bridgehead atoms. The van der Waals surface area contributed by atoms with Crippen molar-refractivity contribution in [1.82, 2.24) is 4.90 Å². The number of benzene rings is 1. The molecule has 4 heteroatoms. The van der Waals surface area contributed by atoms with Crippen molar-refractivity contribution in [2.24, 2.45) is 5.92 Å². The standard InChI is InChI=1S/C13H20ClN3/c1-17-8-6-10(9-17)5-7-16-13-11(14)3-2-4-12(13)15/h2-4,10,16H,5-9,15H2,1H3. The van der Waals surface area contributed by atoms with Crippen LogP contribution in [0.1, 0.15) is 12.8 Å². The summed E-state index contributed by atoms with van der Waals surface area (Å²) in [6, 6.07) is 5.61. The number of hydrogen-bond donors (Lipinski definition) is 2. The molecule has 94 valence electrons. The minimum atomic E-state index is 0.702. The van der Waals surface area contributed by atoms with E-state index in [1.807, 2.05) is 18.2 Å². The second-order valence-electron chi connectivity index (χ2n) is 4.84. The molecular formula is C13H20ClN3. The molecule has 1 aliphatic heterocycles. The monoisotopic (exact) mass is 253 g/mol. The van der Waals surface area contributed by atoms with E-state index >= 15 is 0 Å². The van der Waals surface area contributed by atoms with Gasteiger partial charge in [-0.3, -0.25) is 0 Å². The van der Waals surface area contributed by atoms with E-state index in [2.05, 4.69) is 17.3 Å². The third-order valence-electron chi connectivity index (χ3n) is 3.39. The van der Waals surface area contributed by atoms with Crippen LogP contribution in [0.4, 0.5) is 11.4 Å². The minimum absolute atomic E-state index is 0.702. The summed E-state index contributed by atoms with van der Waals surface area (Å²) in [7, 11) is 2.18. The molecule has 1 fully saturated rings. The lowest BCUT2D eigenvalue weighted by atomic mass is 10.1. The summed E-state index contributed by atoms with van der Waals surface area (Å²) < 4.78 is 0. The van der Waals surface area contributed by atoms with Crippen molar-refractivity contribution in [2.45, 2.75) is 12.8 Å². The summed E-state index contributed by atoms with van der Waals surface area (Å²) in [6.07, 6.45) is 2.48. The van der Waals surface area contributed by atoms with E-state index in [9.17, 15) is 0 Å². The Bertz CT molecular complexity index is 361. The summed E-state index contributed by atoms with van der Waals surface area (Å²) in [5.74, 6) is 0.802. The Morgan fingerprint density at radius 3 is 3.00 bits per heavy atom. The lowest BCUT2D eigenvalue weighted by Gasteiger charge is -2.14. The predicted octanol–water partition coefficient (Wildman–Crippen LogP) is 2.68. The molecular weight excluding hydrogens is 234 g/mol. The van der Waals surface area contributed by atoms with Crippen LogP contribution in [0.15, 0.2) is 18.2 Å². The molecule has 1 aliphatic rings. The second kappa shape index (κ2) is 5.61. The zero-order valence-electron chi connectivity index (χ0n) is 10.2. The van der Waals surface area contributed by atoms with Crippen LogP contribution in [0, 0.1) is 5.92 Å². The Kier molecular flexibility index (Phi) is 4.13. The topological polar surface area (TPSA) is 41.3 Å². The van der Waals surface area contributed by atoms with Gasteiger partial charge in [0.2, 0.25) is 0 Å². The molecule has 3 N–H and O–H groups in total.